The average Bonchev–Trinajstić information content (AvgIpc) is 2.15. The molecule has 0 saturated heterocycles. The lowest BCUT2D eigenvalue weighted by Gasteiger charge is -2.06. The number of hydrogen-bond acceptors (Lipinski definition) is 3. The van der Waals surface area contributed by atoms with Crippen molar-refractivity contribution < 1.29 is 14.3 Å². The maximum Gasteiger partial charge on any atom is 0.312 e. The van der Waals surface area contributed by atoms with Crippen molar-refractivity contribution in [3.63, 3.8) is 0 Å². The number of rotatable bonds is 5. The Morgan fingerprint density at radius 2 is 2.12 bits per heavy atom. The topological polar surface area (TPSA) is 87.4 Å². The molecule has 2 amide bonds. The van der Waals surface area contributed by atoms with Gasteiger partial charge in [0.25, 0.3) is 0 Å². The molecular weight excluding hydrogens is 213 g/mol. The molecular formula is C10H14FN3O2. The van der Waals surface area contributed by atoms with Crippen molar-refractivity contribution in [3.05, 3.63) is 29.6 Å². The Balaban J connectivity index is 2.29. The molecule has 0 unspecified atom stereocenters. The Labute approximate surface area is 92.5 Å². The van der Waals surface area contributed by atoms with E-state index in [0.29, 0.717) is 25.2 Å². The Bertz CT molecular complexity index is 351. The quantitative estimate of drug-likeness (QED) is 0.545. The maximum atomic E-state index is 12.8. The predicted octanol–water partition coefficient (Wildman–Crippen LogP) is 0.289. The molecule has 0 atom stereocenters. The largest absolute Gasteiger partial charge is 0.508 e. The molecule has 6 heteroatoms. The first kappa shape index (κ1) is 12.3. The minimum Gasteiger partial charge on any atom is -0.508 e. The molecule has 88 valence electrons. The number of phenolic OH excluding ortho intramolecular Hbond substituents is 1. The first-order valence-electron chi connectivity index (χ1n) is 4.80. The summed E-state index contributed by atoms with van der Waals surface area (Å²) in [6.07, 6.45) is 0. The summed E-state index contributed by atoms with van der Waals surface area (Å²) in [5.41, 5.74) is 5.50. The molecule has 1 rings (SSSR count). The van der Waals surface area contributed by atoms with Crippen molar-refractivity contribution in [1.29, 1.82) is 0 Å². The zero-order chi connectivity index (χ0) is 12.0. The van der Waals surface area contributed by atoms with E-state index in [0.717, 1.165) is 6.07 Å². The molecule has 5 nitrogen and oxygen atoms in total. The Hall–Kier alpha value is -1.82. The Morgan fingerprint density at radius 3 is 2.75 bits per heavy atom. The number of aromatic hydroxyl groups is 1. The molecule has 0 radical (unpaired) electrons. The van der Waals surface area contributed by atoms with Gasteiger partial charge in [0, 0.05) is 25.7 Å². The second kappa shape index (κ2) is 5.92. The summed E-state index contributed by atoms with van der Waals surface area (Å²) in [6, 6.07) is 3.26. The lowest BCUT2D eigenvalue weighted by atomic mass is 10.2. The molecule has 0 aliphatic heterocycles. The molecule has 1 aromatic carbocycles. The lowest BCUT2D eigenvalue weighted by Crippen LogP contribution is -2.35. The molecule has 0 fully saturated rings. The monoisotopic (exact) mass is 227 g/mol. The zero-order valence-electron chi connectivity index (χ0n) is 8.66. The van der Waals surface area contributed by atoms with E-state index in [-0.39, 0.29) is 5.75 Å². The first-order chi connectivity index (χ1) is 7.58. The standard InChI is InChI=1S/C10H14FN3O2/c11-8-3-7(4-9(15)5-8)6-13-1-2-14-10(12)16/h3-5,13,15H,1-2,6H2,(H3,12,14,16). The van der Waals surface area contributed by atoms with Gasteiger partial charge in [-0.05, 0) is 17.7 Å². The molecule has 1 aromatic rings. The third kappa shape index (κ3) is 4.61. The summed E-state index contributed by atoms with van der Waals surface area (Å²) in [5.74, 6) is -0.584. The number of carbonyl (C=O) groups is 1. The normalized spacial score (nSPS) is 10.1. The van der Waals surface area contributed by atoms with Crippen molar-refractivity contribution in [1.82, 2.24) is 10.6 Å². The van der Waals surface area contributed by atoms with Crippen LogP contribution in [0.5, 0.6) is 5.75 Å². The maximum absolute atomic E-state index is 12.8. The number of nitrogens with one attached hydrogen (secondary N) is 2. The van der Waals surface area contributed by atoms with Gasteiger partial charge in [0.05, 0.1) is 0 Å². The van der Waals surface area contributed by atoms with Gasteiger partial charge in [-0.1, -0.05) is 0 Å². The SMILES string of the molecule is NC(=O)NCCNCc1cc(O)cc(F)c1. The van der Waals surface area contributed by atoms with Crippen LogP contribution in [0.15, 0.2) is 18.2 Å². The van der Waals surface area contributed by atoms with E-state index in [4.69, 9.17) is 10.8 Å². The second-order valence-electron chi connectivity index (χ2n) is 3.29. The Kier molecular flexibility index (Phi) is 4.53. The summed E-state index contributed by atoms with van der Waals surface area (Å²) < 4.78 is 12.8. The van der Waals surface area contributed by atoms with Crippen molar-refractivity contribution in [3.8, 4) is 5.75 Å². The number of amides is 2. The van der Waals surface area contributed by atoms with Gasteiger partial charge in [-0.3, -0.25) is 0 Å². The van der Waals surface area contributed by atoms with Gasteiger partial charge in [-0.2, -0.15) is 0 Å². The van der Waals surface area contributed by atoms with E-state index in [9.17, 15) is 9.18 Å². The van der Waals surface area contributed by atoms with E-state index in [1.807, 2.05) is 0 Å². The lowest BCUT2D eigenvalue weighted by molar-refractivity contribution is 0.249. The molecule has 0 aliphatic carbocycles. The third-order valence-electron chi connectivity index (χ3n) is 1.87. The number of halogens is 1. The molecule has 0 heterocycles. The smallest absolute Gasteiger partial charge is 0.312 e. The second-order valence-corrected chi connectivity index (χ2v) is 3.29. The summed E-state index contributed by atoms with van der Waals surface area (Å²) in [7, 11) is 0. The van der Waals surface area contributed by atoms with Crippen LogP contribution in [0.4, 0.5) is 9.18 Å². The Morgan fingerprint density at radius 1 is 1.38 bits per heavy atom. The number of primary amides is 1. The van der Waals surface area contributed by atoms with Gasteiger partial charge in [0.15, 0.2) is 0 Å². The fraction of sp³-hybridized carbons (Fsp3) is 0.300. The highest BCUT2D eigenvalue weighted by Gasteiger charge is 1.99. The van der Waals surface area contributed by atoms with Crippen LogP contribution < -0.4 is 16.4 Å². The molecule has 0 bridgehead atoms. The molecule has 5 N–H and O–H groups in total. The van der Waals surface area contributed by atoms with E-state index in [2.05, 4.69) is 10.6 Å². The van der Waals surface area contributed by atoms with E-state index < -0.39 is 11.8 Å². The van der Waals surface area contributed by atoms with Crippen molar-refractivity contribution in [2.45, 2.75) is 6.54 Å². The highest BCUT2D eigenvalue weighted by atomic mass is 19.1. The van der Waals surface area contributed by atoms with Gasteiger partial charge < -0.3 is 21.5 Å². The predicted molar refractivity (Wildman–Crippen MR) is 57.4 cm³/mol. The summed E-state index contributed by atoms with van der Waals surface area (Å²) in [5, 5.41) is 14.5. The number of urea groups is 1. The highest BCUT2D eigenvalue weighted by Crippen LogP contribution is 2.13. The summed E-state index contributed by atoms with van der Waals surface area (Å²) >= 11 is 0. The number of benzene rings is 1. The fourth-order valence-corrected chi connectivity index (χ4v) is 1.24. The van der Waals surface area contributed by atoms with E-state index >= 15 is 0 Å². The number of phenols is 1. The van der Waals surface area contributed by atoms with Crippen molar-refractivity contribution in [2.75, 3.05) is 13.1 Å². The van der Waals surface area contributed by atoms with E-state index in [1.165, 1.54) is 12.1 Å². The van der Waals surface area contributed by atoms with Crippen molar-refractivity contribution >= 4 is 6.03 Å². The van der Waals surface area contributed by atoms with Crippen LogP contribution >= 0.6 is 0 Å². The zero-order valence-corrected chi connectivity index (χ0v) is 8.66. The van der Waals surface area contributed by atoms with E-state index in [1.54, 1.807) is 0 Å². The summed E-state index contributed by atoms with van der Waals surface area (Å²) in [4.78, 5) is 10.3. The van der Waals surface area contributed by atoms with Crippen LogP contribution in [0.3, 0.4) is 0 Å². The molecule has 16 heavy (non-hydrogen) atoms. The van der Waals surface area contributed by atoms with Gasteiger partial charge in [0.1, 0.15) is 11.6 Å². The average molecular weight is 227 g/mol. The van der Waals surface area contributed by atoms with Crippen molar-refractivity contribution in [2.24, 2.45) is 5.73 Å². The number of nitrogens with two attached hydrogens (primary N) is 1. The first-order valence-corrected chi connectivity index (χ1v) is 4.80. The van der Waals surface area contributed by atoms with Crippen LogP contribution in [0.25, 0.3) is 0 Å². The fourth-order valence-electron chi connectivity index (χ4n) is 1.24. The third-order valence-corrected chi connectivity index (χ3v) is 1.87. The van der Waals surface area contributed by atoms with Crippen LogP contribution in [-0.4, -0.2) is 24.2 Å². The highest BCUT2D eigenvalue weighted by molar-refractivity contribution is 5.71. The molecule has 0 aromatic heterocycles. The van der Waals surface area contributed by atoms with Crippen LogP contribution in [-0.2, 0) is 6.54 Å². The minimum absolute atomic E-state index is 0.105. The number of hydrogen-bond donors (Lipinski definition) is 4. The number of carbonyl (C=O) groups excluding carboxylic acids is 1. The van der Waals surface area contributed by atoms with Gasteiger partial charge in [-0.15, -0.1) is 0 Å². The van der Waals surface area contributed by atoms with Gasteiger partial charge in [-0.25, -0.2) is 9.18 Å². The van der Waals surface area contributed by atoms with Crippen LogP contribution in [0.2, 0.25) is 0 Å². The minimum atomic E-state index is -0.579. The summed E-state index contributed by atoms with van der Waals surface area (Å²) in [6.45, 7) is 1.32. The van der Waals surface area contributed by atoms with Crippen LogP contribution in [0, 0.1) is 5.82 Å². The van der Waals surface area contributed by atoms with Gasteiger partial charge >= 0.3 is 6.03 Å². The molecule has 0 aliphatic rings. The van der Waals surface area contributed by atoms with Crippen LogP contribution in [0.1, 0.15) is 5.56 Å². The van der Waals surface area contributed by atoms with Gasteiger partial charge in [0.2, 0.25) is 0 Å². The molecule has 0 spiro atoms. The molecule has 0 saturated carbocycles.